The van der Waals surface area contributed by atoms with Crippen LogP contribution in [0, 0.1) is 0 Å². The summed E-state index contributed by atoms with van der Waals surface area (Å²) in [4.78, 5) is 11.3. The molecular formula is C19H24N2O3. The molecule has 2 aromatic rings. The Hall–Kier alpha value is -2.53. The standard InChI is InChI=1S/C19H24N2O3/c1-19(2,24-18(22)20-3)14-21-13-15-9-11-17(12-10-15)23-16-7-5-4-6-8-16/h4-12,21H,13-14H2,1-3H3,(H,20,22). The molecule has 5 nitrogen and oxygen atoms in total. The Morgan fingerprint density at radius 2 is 1.62 bits per heavy atom. The highest BCUT2D eigenvalue weighted by Gasteiger charge is 2.21. The number of benzene rings is 2. The lowest BCUT2D eigenvalue weighted by atomic mass is 10.1. The van der Waals surface area contributed by atoms with Crippen LogP contribution in [0.25, 0.3) is 0 Å². The highest BCUT2D eigenvalue weighted by atomic mass is 16.6. The van der Waals surface area contributed by atoms with Crippen LogP contribution in [0.2, 0.25) is 0 Å². The van der Waals surface area contributed by atoms with Gasteiger partial charge in [-0.1, -0.05) is 30.3 Å². The van der Waals surface area contributed by atoms with Gasteiger partial charge in [0.2, 0.25) is 0 Å². The Balaban J connectivity index is 1.80. The molecule has 0 saturated carbocycles. The molecule has 0 heterocycles. The first-order valence-corrected chi connectivity index (χ1v) is 7.92. The summed E-state index contributed by atoms with van der Waals surface area (Å²) < 4.78 is 11.0. The number of amides is 1. The minimum absolute atomic E-state index is 0.427. The smallest absolute Gasteiger partial charge is 0.407 e. The summed E-state index contributed by atoms with van der Waals surface area (Å²) >= 11 is 0. The summed E-state index contributed by atoms with van der Waals surface area (Å²) in [5.74, 6) is 1.62. The highest BCUT2D eigenvalue weighted by molar-refractivity contribution is 5.67. The molecule has 0 spiro atoms. The van der Waals surface area contributed by atoms with Crippen LogP contribution >= 0.6 is 0 Å². The largest absolute Gasteiger partial charge is 0.457 e. The fourth-order valence-electron chi connectivity index (χ4n) is 2.15. The third-order valence-corrected chi connectivity index (χ3v) is 3.36. The van der Waals surface area contributed by atoms with Crippen LogP contribution in [0.5, 0.6) is 11.5 Å². The van der Waals surface area contributed by atoms with Gasteiger partial charge in [0.05, 0.1) is 0 Å². The summed E-state index contributed by atoms with van der Waals surface area (Å²) in [6.45, 7) is 4.98. The molecule has 0 aliphatic carbocycles. The fourth-order valence-corrected chi connectivity index (χ4v) is 2.15. The third kappa shape index (κ3) is 5.93. The van der Waals surface area contributed by atoms with Gasteiger partial charge in [0.1, 0.15) is 17.1 Å². The van der Waals surface area contributed by atoms with Crippen molar-refractivity contribution in [3.05, 3.63) is 60.2 Å². The van der Waals surface area contributed by atoms with Gasteiger partial charge in [-0.3, -0.25) is 0 Å². The van der Waals surface area contributed by atoms with Crippen molar-refractivity contribution in [3.63, 3.8) is 0 Å². The predicted molar refractivity (Wildman–Crippen MR) is 94.3 cm³/mol. The molecule has 2 aromatic carbocycles. The molecule has 0 aliphatic heterocycles. The lowest BCUT2D eigenvalue weighted by Crippen LogP contribution is -2.41. The van der Waals surface area contributed by atoms with Crippen molar-refractivity contribution in [2.45, 2.75) is 26.0 Å². The molecule has 0 atom stereocenters. The van der Waals surface area contributed by atoms with Gasteiger partial charge >= 0.3 is 6.09 Å². The van der Waals surface area contributed by atoms with E-state index < -0.39 is 11.7 Å². The van der Waals surface area contributed by atoms with E-state index in [1.807, 2.05) is 68.4 Å². The molecule has 128 valence electrons. The van der Waals surface area contributed by atoms with E-state index in [4.69, 9.17) is 9.47 Å². The van der Waals surface area contributed by atoms with E-state index in [0.717, 1.165) is 17.1 Å². The second-order valence-electron chi connectivity index (χ2n) is 6.06. The number of carbonyl (C=O) groups is 1. The summed E-state index contributed by atoms with van der Waals surface area (Å²) in [6, 6.07) is 17.6. The maximum Gasteiger partial charge on any atom is 0.407 e. The Labute approximate surface area is 143 Å². The average molecular weight is 328 g/mol. The molecule has 5 heteroatoms. The zero-order valence-corrected chi connectivity index (χ0v) is 14.3. The number of para-hydroxylation sites is 1. The molecule has 1 amide bonds. The summed E-state index contributed by atoms with van der Waals surface area (Å²) in [5, 5.41) is 5.75. The Morgan fingerprint density at radius 3 is 2.25 bits per heavy atom. The van der Waals surface area contributed by atoms with Crippen LogP contribution < -0.4 is 15.4 Å². The van der Waals surface area contributed by atoms with Crippen molar-refractivity contribution in [2.75, 3.05) is 13.6 Å². The lowest BCUT2D eigenvalue weighted by molar-refractivity contribution is 0.0402. The topological polar surface area (TPSA) is 59.6 Å². The van der Waals surface area contributed by atoms with E-state index in [0.29, 0.717) is 13.1 Å². The van der Waals surface area contributed by atoms with Gasteiger partial charge in [0, 0.05) is 20.1 Å². The molecule has 0 aliphatic rings. The van der Waals surface area contributed by atoms with Crippen LogP contribution in [0.15, 0.2) is 54.6 Å². The zero-order valence-electron chi connectivity index (χ0n) is 14.3. The number of rotatable bonds is 7. The van der Waals surface area contributed by atoms with E-state index in [9.17, 15) is 4.79 Å². The van der Waals surface area contributed by atoms with E-state index in [2.05, 4.69) is 10.6 Å². The maximum atomic E-state index is 11.3. The van der Waals surface area contributed by atoms with Crippen LogP contribution in [0.1, 0.15) is 19.4 Å². The molecule has 0 aromatic heterocycles. The normalized spacial score (nSPS) is 11.0. The number of alkyl carbamates (subject to hydrolysis) is 1. The first-order valence-electron chi connectivity index (χ1n) is 7.92. The van der Waals surface area contributed by atoms with Crippen molar-refractivity contribution in [3.8, 4) is 11.5 Å². The number of hydrogen-bond donors (Lipinski definition) is 2. The first kappa shape index (κ1) is 17.8. The third-order valence-electron chi connectivity index (χ3n) is 3.36. The molecule has 2 rings (SSSR count). The van der Waals surface area contributed by atoms with Crippen molar-refractivity contribution in [1.82, 2.24) is 10.6 Å². The molecule has 24 heavy (non-hydrogen) atoms. The van der Waals surface area contributed by atoms with Crippen molar-refractivity contribution >= 4 is 6.09 Å². The number of hydrogen-bond acceptors (Lipinski definition) is 4. The highest BCUT2D eigenvalue weighted by Crippen LogP contribution is 2.21. The number of carbonyl (C=O) groups excluding carboxylic acids is 1. The van der Waals surface area contributed by atoms with Crippen molar-refractivity contribution < 1.29 is 14.3 Å². The quantitative estimate of drug-likeness (QED) is 0.813. The average Bonchev–Trinajstić information content (AvgIpc) is 2.57. The molecule has 0 saturated heterocycles. The Kier molecular flexibility index (Phi) is 6.21. The van der Waals surface area contributed by atoms with Gasteiger partial charge in [-0.25, -0.2) is 4.79 Å². The number of nitrogens with one attached hydrogen (secondary N) is 2. The van der Waals surface area contributed by atoms with Gasteiger partial charge in [-0.15, -0.1) is 0 Å². The molecule has 0 fully saturated rings. The van der Waals surface area contributed by atoms with Crippen LogP contribution in [0.3, 0.4) is 0 Å². The van der Waals surface area contributed by atoms with E-state index >= 15 is 0 Å². The van der Waals surface area contributed by atoms with Crippen molar-refractivity contribution in [2.24, 2.45) is 0 Å². The SMILES string of the molecule is CNC(=O)OC(C)(C)CNCc1ccc(Oc2ccccc2)cc1. The molecule has 0 unspecified atom stereocenters. The summed E-state index contributed by atoms with van der Waals surface area (Å²) in [7, 11) is 1.55. The lowest BCUT2D eigenvalue weighted by Gasteiger charge is -2.25. The van der Waals surface area contributed by atoms with Crippen LogP contribution in [-0.2, 0) is 11.3 Å². The zero-order chi connectivity index (χ0) is 17.4. The fraction of sp³-hybridized carbons (Fsp3) is 0.316. The monoisotopic (exact) mass is 328 g/mol. The predicted octanol–water partition coefficient (Wildman–Crippen LogP) is 3.70. The van der Waals surface area contributed by atoms with E-state index in [1.165, 1.54) is 0 Å². The molecule has 0 radical (unpaired) electrons. The summed E-state index contributed by atoms with van der Waals surface area (Å²) in [5.41, 5.74) is 0.558. The molecular weight excluding hydrogens is 304 g/mol. The van der Waals surface area contributed by atoms with Gasteiger partial charge in [0.15, 0.2) is 0 Å². The first-order chi connectivity index (χ1) is 11.5. The molecule has 2 N–H and O–H groups in total. The molecule has 0 bridgehead atoms. The maximum absolute atomic E-state index is 11.3. The van der Waals surface area contributed by atoms with Gasteiger partial charge in [-0.05, 0) is 43.7 Å². The van der Waals surface area contributed by atoms with Gasteiger partial charge in [-0.2, -0.15) is 0 Å². The second-order valence-corrected chi connectivity index (χ2v) is 6.06. The van der Waals surface area contributed by atoms with Crippen LogP contribution in [0.4, 0.5) is 4.79 Å². The minimum atomic E-state index is -0.573. The van der Waals surface area contributed by atoms with Gasteiger partial charge < -0.3 is 20.1 Å². The second kappa shape index (κ2) is 8.36. The number of ether oxygens (including phenoxy) is 2. The summed E-state index contributed by atoms with van der Waals surface area (Å²) in [6.07, 6.45) is -0.427. The van der Waals surface area contributed by atoms with Gasteiger partial charge in [0.25, 0.3) is 0 Å². The Morgan fingerprint density at radius 1 is 1.00 bits per heavy atom. The minimum Gasteiger partial charge on any atom is -0.457 e. The van der Waals surface area contributed by atoms with Crippen molar-refractivity contribution in [1.29, 1.82) is 0 Å². The van der Waals surface area contributed by atoms with Crippen LogP contribution in [-0.4, -0.2) is 25.3 Å². The Bertz CT molecular complexity index is 639. The van der Waals surface area contributed by atoms with E-state index in [-0.39, 0.29) is 0 Å². The van der Waals surface area contributed by atoms with E-state index in [1.54, 1.807) is 7.05 Å².